The van der Waals surface area contributed by atoms with E-state index in [0.29, 0.717) is 37.9 Å². The van der Waals surface area contributed by atoms with Gasteiger partial charge in [0.15, 0.2) is 0 Å². The van der Waals surface area contributed by atoms with E-state index in [1.54, 1.807) is 4.90 Å². The number of carbonyl (C=O) groups is 1. The lowest BCUT2D eigenvalue weighted by Crippen LogP contribution is -2.37. The fourth-order valence-electron chi connectivity index (χ4n) is 2.49. The maximum Gasteiger partial charge on any atom is 0.274 e. The summed E-state index contributed by atoms with van der Waals surface area (Å²) in [7, 11) is 0. The van der Waals surface area contributed by atoms with Crippen LogP contribution in [0, 0.1) is 5.92 Å². The fraction of sp³-hybridized carbons (Fsp3) is 0.667. The Labute approximate surface area is 124 Å². The molecule has 1 aliphatic heterocycles. The Morgan fingerprint density at radius 3 is 2.90 bits per heavy atom. The van der Waals surface area contributed by atoms with Gasteiger partial charge in [-0.3, -0.25) is 9.59 Å². The summed E-state index contributed by atoms with van der Waals surface area (Å²) in [5.74, 6) is 0.282. The van der Waals surface area contributed by atoms with Crippen molar-refractivity contribution in [3.63, 3.8) is 0 Å². The van der Waals surface area contributed by atoms with Crippen molar-refractivity contribution in [1.82, 2.24) is 14.7 Å². The SMILES string of the molecule is CCCn1nc(C(=O)N(CC)CC2CCOC2)ccc1=O. The first-order chi connectivity index (χ1) is 10.2. The molecular formula is C15H23N3O3. The summed E-state index contributed by atoms with van der Waals surface area (Å²) in [4.78, 5) is 26.0. The average molecular weight is 293 g/mol. The summed E-state index contributed by atoms with van der Waals surface area (Å²) in [5.41, 5.74) is 0.171. The van der Waals surface area contributed by atoms with Gasteiger partial charge in [0, 0.05) is 38.2 Å². The predicted octanol–water partition coefficient (Wildman–Crippen LogP) is 1.15. The van der Waals surface area contributed by atoms with Gasteiger partial charge in [0.1, 0.15) is 5.69 Å². The van der Waals surface area contributed by atoms with Crippen LogP contribution >= 0.6 is 0 Å². The molecule has 1 aromatic heterocycles. The van der Waals surface area contributed by atoms with Crippen LogP contribution in [-0.2, 0) is 11.3 Å². The van der Waals surface area contributed by atoms with Crippen LogP contribution < -0.4 is 5.56 Å². The van der Waals surface area contributed by atoms with Crippen LogP contribution in [0.4, 0.5) is 0 Å². The Morgan fingerprint density at radius 1 is 1.48 bits per heavy atom. The Balaban J connectivity index is 2.12. The zero-order valence-corrected chi connectivity index (χ0v) is 12.7. The zero-order valence-electron chi connectivity index (χ0n) is 12.7. The van der Waals surface area contributed by atoms with Gasteiger partial charge in [-0.15, -0.1) is 0 Å². The van der Waals surface area contributed by atoms with Crippen LogP contribution in [-0.4, -0.2) is 46.9 Å². The first kappa shape index (κ1) is 15.7. The highest BCUT2D eigenvalue weighted by Crippen LogP contribution is 2.15. The number of amides is 1. The highest BCUT2D eigenvalue weighted by molar-refractivity contribution is 5.92. The van der Waals surface area contributed by atoms with Crippen molar-refractivity contribution in [2.24, 2.45) is 5.92 Å². The average Bonchev–Trinajstić information content (AvgIpc) is 2.99. The van der Waals surface area contributed by atoms with Gasteiger partial charge in [-0.25, -0.2) is 4.68 Å². The second-order valence-corrected chi connectivity index (χ2v) is 5.35. The quantitative estimate of drug-likeness (QED) is 0.789. The molecule has 116 valence electrons. The molecule has 1 saturated heterocycles. The summed E-state index contributed by atoms with van der Waals surface area (Å²) in [6.07, 6.45) is 1.80. The summed E-state index contributed by atoms with van der Waals surface area (Å²) >= 11 is 0. The molecule has 1 atom stereocenters. The number of hydrogen-bond acceptors (Lipinski definition) is 4. The molecule has 0 radical (unpaired) electrons. The molecule has 2 heterocycles. The lowest BCUT2D eigenvalue weighted by molar-refractivity contribution is 0.0722. The summed E-state index contributed by atoms with van der Waals surface area (Å²) < 4.78 is 6.72. The van der Waals surface area contributed by atoms with E-state index in [1.807, 2.05) is 13.8 Å². The van der Waals surface area contributed by atoms with Crippen LogP contribution in [0.15, 0.2) is 16.9 Å². The molecule has 0 saturated carbocycles. The molecule has 1 amide bonds. The fourth-order valence-corrected chi connectivity index (χ4v) is 2.49. The van der Waals surface area contributed by atoms with Crippen LogP contribution in [0.3, 0.4) is 0 Å². The molecule has 21 heavy (non-hydrogen) atoms. The van der Waals surface area contributed by atoms with Crippen molar-refractivity contribution in [3.05, 3.63) is 28.2 Å². The van der Waals surface area contributed by atoms with Crippen molar-refractivity contribution in [2.75, 3.05) is 26.3 Å². The van der Waals surface area contributed by atoms with Gasteiger partial charge in [-0.2, -0.15) is 5.10 Å². The largest absolute Gasteiger partial charge is 0.381 e. The van der Waals surface area contributed by atoms with E-state index in [0.717, 1.165) is 19.4 Å². The minimum Gasteiger partial charge on any atom is -0.381 e. The molecule has 1 aromatic rings. The van der Waals surface area contributed by atoms with Crippen molar-refractivity contribution in [2.45, 2.75) is 33.2 Å². The van der Waals surface area contributed by atoms with Crippen LogP contribution in [0.25, 0.3) is 0 Å². The number of nitrogens with zero attached hydrogens (tertiary/aromatic N) is 3. The molecule has 0 aliphatic carbocycles. The van der Waals surface area contributed by atoms with Gasteiger partial charge in [-0.1, -0.05) is 6.92 Å². The number of carbonyl (C=O) groups excluding carboxylic acids is 1. The van der Waals surface area contributed by atoms with Gasteiger partial charge in [0.05, 0.1) is 6.61 Å². The molecule has 0 bridgehead atoms. The van der Waals surface area contributed by atoms with Gasteiger partial charge in [0.25, 0.3) is 11.5 Å². The third-order valence-corrected chi connectivity index (χ3v) is 3.69. The van der Waals surface area contributed by atoms with E-state index in [2.05, 4.69) is 5.10 Å². The molecule has 0 N–H and O–H groups in total. The molecule has 1 aliphatic rings. The standard InChI is InChI=1S/C15H23N3O3/c1-3-8-18-14(19)6-5-13(16-18)15(20)17(4-2)10-12-7-9-21-11-12/h5-6,12H,3-4,7-11H2,1-2H3. The highest BCUT2D eigenvalue weighted by atomic mass is 16.5. The Hall–Kier alpha value is -1.69. The van der Waals surface area contributed by atoms with Crippen LogP contribution in [0.5, 0.6) is 0 Å². The molecule has 6 heteroatoms. The topological polar surface area (TPSA) is 64.4 Å². The van der Waals surface area contributed by atoms with E-state index in [1.165, 1.54) is 16.8 Å². The maximum atomic E-state index is 12.5. The van der Waals surface area contributed by atoms with Crippen molar-refractivity contribution in [1.29, 1.82) is 0 Å². The third kappa shape index (κ3) is 3.91. The molecular weight excluding hydrogens is 270 g/mol. The van der Waals surface area contributed by atoms with Crippen molar-refractivity contribution < 1.29 is 9.53 Å². The molecule has 6 nitrogen and oxygen atoms in total. The first-order valence-corrected chi connectivity index (χ1v) is 7.60. The molecule has 1 fully saturated rings. The second-order valence-electron chi connectivity index (χ2n) is 5.35. The van der Waals surface area contributed by atoms with Crippen LogP contribution in [0.1, 0.15) is 37.2 Å². The lowest BCUT2D eigenvalue weighted by Gasteiger charge is -2.23. The highest BCUT2D eigenvalue weighted by Gasteiger charge is 2.23. The Kier molecular flexibility index (Phi) is 5.50. The van der Waals surface area contributed by atoms with E-state index in [9.17, 15) is 9.59 Å². The molecule has 0 aromatic carbocycles. The van der Waals surface area contributed by atoms with Crippen molar-refractivity contribution in [3.8, 4) is 0 Å². The Morgan fingerprint density at radius 2 is 2.29 bits per heavy atom. The minimum absolute atomic E-state index is 0.116. The van der Waals surface area contributed by atoms with Gasteiger partial charge in [0.2, 0.25) is 0 Å². The summed E-state index contributed by atoms with van der Waals surface area (Å²) in [6.45, 7) is 7.26. The van der Waals surface area contributed by atoms with Crippen molar-refractivity contribution >= 4 is 5.91 Å². The number of aromatic nitrogens is 2. The zero-order chi connectivity index (χ0) is 15.2. The molecule has 1 unspecified atom stereocenters. The smallest absolute Gasteiger partial charge is 0.274 e. The molecule has 0 spiro atoms. The number of aryl methyl sites for hydroxylation is 1. The predicted molar refractivity (Wildman–Crippen MR) is 79.3 cm³/mol. The van der Waals surface area contributed by atoms with E-state index in [-0.39, 0.29) is 11.5 Å². The third-order valence-electron chi connectivity index (χ3n) is 3.69. The first-order valence-electron chi connectivity index (χ1n) is 7.60. The van der Waals surface area contributed by atoms with E-state index < -0.39 is 0 Å². The summed E-state index contributed by atoms with van der Waals surface area (Å²) in [5, 5.41) is 4.19. The Bertz CT molecular complexity index is 535. The number of rotatable bonds is 6. The normalized spacial score (nSPS) is 17.9. The monoisotopic (exact) mass is 293 g/mol. The lowest BCUT2D eigenvalue weighted by atomic mass is 10.1. The van der Waals surface area contributed by atoms with E-state index in [4.69, 9.17) is 4.74 Å². The molecule has 2 rings (SSSR count). The number of ether oxygens (including phenoxy) is 1. The van der Waals surface area contributed by atoms with Crippen LogP contribution in [0.2, 0.25) is 0 Å². The minimum atomic E-state index is -0.166. The van der Waals surface area contributed by atoms with Gasteiger partial charge >= 0.3 is 0 Å². The van der Waals surface area contributed by atoms with Gasteiger partial charge in [-0.05, 0) is 25.8 Å². The maximum absolute atomic E-state index is 12.5. The van der Waals surface area contributed by atoms with Gasteiger partial charge < -0.3 is 9.64 Å². The summed E-state index contributed by atoms with van der Waals surface area (Å²) in [6, 6.07) is 2.94. The number of hydrogen-bond donors (Lipinski definition) is 0. The van der Waals surface area contributed by atoms with E-state index >= 15 is 0 Å². The second kappa shape index (κ2) is 7.36.